The van der Waals surface area contributed by atoms with Crippen LogP contribution in [0.5, 0.6) is 0 Å². The van der Waals surface area contributed by atoms with Crippen LogP contribution in [0.3, 0.4) is 0 Å². The van der Waals surface area contributed by atoms with Crippen LogP contribution in [0, 0.1) is 13.8 Å². The fourth-order valence-electron chi connectivity index (χ4n) is 2.46. The first-order valence-corrected chi connectivity index (χ1v) is 8.71. The summed E-state index contributed by atoms with van der Waals surface area (Å²) in [7, 11) is 0. The first kappa shape index (κ1) is 18.5. The molecular formula is C16H16N6O4S. The predicted octanol–water partition coefficient (Wildman–Crippen LogP) is 1.22. The van der Waals surface area contributed by atoms with Gasteiger partial charge >= 0.3 is 5.97 Å². The van der Waals surface area contributed by atoms with Crippen molar-refractivity contribution in [1.82, 2.24) is 30.3 Å². The van der Waals surface area contributed by atoms with Crippen LogP contribution in [0.1, 0.15) is 49.4 Å². The highest BCUT2D eigenvalue weighted by atomic mass is 32.1. The van der Waals surface area contributed by atoms with Crippen molar-refractivity contribution in [3.05, 3.63) is 55.5 Å². The number of carbonyl (C=O) groups is 2. The van der Waals surface area contributed by atoms with E-state index in [1.165, 1.54) is 23.0 Å². The molecule has 0 aliphatic carbocycles. The summed E-state index contributed by atoms with van der Waals surface area (Å²) in [5.41, 5.74) is 0.953. The van der Waals surface area contributed by atoms with Gasteiger partial charge in [0.25, 0.3) is 11.5 Å². The smallest absolute Gasteiger partial charge is 0.347 e. The Balaban J connectivity index is 1.80. The van der Waals surface area contributed by atoms with Gasteiger partial charge in [-0.1, -0.05) is 0 Å². The van der Waals surface area contributed by atoms with Gasteiger partial charge < -0.3 is 10.4 Å². The number of rotatable bonds is 5. The standard InChI is InChI=1S/C16H16N6O4S/c1-7-13(16(25)26)27-15(19-7)8(2)18-14(24)10-6-17-22(9(10)3)11-4-5-12(23)21-20-11/h4-6,8H,1-3H3,(H,18,24)(H,21,23)(H,25,26). The number of aromatic amines is 1. The average molecular weight is 388 g/mol. The Hall–Kier alpha value is -3.34. The quantitative estimate of drug-likeness (QED) is 0.596. The van der Waals surface area contributed by atoms with E-state index in [0.29, 0.717) is 27.8 Å². The van der Waals surface area contributed by atoms with Crippen LogP contribution in [0.4, 0.5) is 0 Å². The molecule has 0 spiro atoms. The van der Waals surface area contributed by atoms with Crippen molar-refractivity contribution in [3.8, 4) is 5.82 Å². The number of aromatic carboxylic acids is 1. The van der Waals surface area contributed by atoms with Crippen molar-refractivity contribution >= 4 is 23.2 Å². The maximum Gasteiger partial charge on any atom is 0.347 e. The number of carbonyl (C=O) groups excluding carboxylic acids is 1. The molecule has 3 aromatic heterocycles. The molecule has 0 saturated heterocycles. The molecule has 0 radical (unpaired) electrons. The van der Waals surface area contributed by atoms with Gasteiger partial charge in [0, 0.05) is 6.07 Å². The molecule has 1 unspecified atom stereocenters. The second-order valence-corrected chi connectivity index (χ2v) is 6.83. The molecule has 1 atom stereocenters. The average Bonchev–Trinajstić information content (AvgIpc) is 3.19. The lowest BCUT2D eigenvalue weighted by atomic mass is 10.2. The molecule has 3 aromatic rings. The number of carboxylic acid groups (broad SMARTS) is 1. The van der Waals surface area contributed by atoms with E-state index in [1.807, 2.05) is 0 Å². The number of carboxylic acids is 1. The molecule has 3 N–H and O–H groups in total. The van der Waals surface area contributed by atoms with E-state index in [9.17, 15) is 14.4 Å². The minimum atomic E-state index is -1.04. The Labute approximate surface area is 156 Å². The van der Waals surface area contributed by atoms with Gasteiger partial charge in [0.2, 0.25) is 0 Å². The maximum absolute atomic E-state index is 12.6. The fraction of sp³-hybridized carbons (Fsp3) is 0.250. The van der Waals surface area contributed by atoms with Crippen molar-refractivity contribution in [2.75, 3.05) is 0 Å². The summed E-state index contributed by atoms with van der Waals surface area (Å²) in [5.74, 6) is -1.04. The van der Waals surface area contributed by atoms with Gasteiger partial charge in [-0.05, 0) is 26.8 Å². The van der Waals surface area contributed by atoms with Gasteiger partial charge in [0.1, 0.15) is 9.88 Å². The first-order valence-electron chi connectivity index (χ1n) is 7.90. The Morgan fingerprint density at radius 3 is 2.67 bits per heavy atom. The lowest BCUT2D eigenvalue weighted by Gasteiger charge is -2.11. The van der Waals surface area contributed by atoms with Crippen LogP contribution < -0.4 is 10.9 Å². The maximum atomic E-state index is 12.6. The van der Waals surface area contributed by atoms with Gasteiger partial charge in [-0.3, -0.25) is 9.59 Å². The molecule has 0 bridgehead atoms. The van der Waals surface area contributed by atoms with Crippen molar-refractivity contribution in [3.63, 3.8) is 0 Å². The third-order valence-corrected chi connectivity index (χ3v) is 5.19. The molecule has 0 aliphatic rings. The zero-order valence-electron chi connectivity index (χ0n) is 14.7. The number of thiazole rings is 1. The fourth-order valence-corrected chi connectivity index (χ4v) is 3.36. The third kappa shape index (κ3) is 3.62. The van der Waals surface area contributed by atoms with Gasteiger partial charge in [-0.15, -0.1) is 11.3 Å². The number of aryl methyl sites for hydroxylation is 1. The highest BCUT2D eigenvalue weighted by Crippen LogP contribution is 2.24. The molecule has 0 aliphatic heterocycles. The summed E-state index contributed by atoms with van der Waals surface area (Å²) in [5, 5.41) is 22.8. The van der Waals surface area contributed by atoms with Crippen LogP contribution in [-0.2, 0) is 0 Å². The lowest BCUT2D eigenvalue weighted by molar-refractivity contribution is 0.0701. The molecule has 10 nitrogen and oxygen atoms in total. The monoisotopic (exact) mass is 388 g/mol. The molecule has 11 heteroatoms. The Bertz CT molecular complexity index is 1060. The lowest BCUT2D eigenvalue weighted by Crippen LogP contribution is -2.27. The molecule has 3 heterocycles. The zero-order chi connectivity index (χ0) is 19.7. The number of aromatic nitrogens is 5. The van der Waals surface area contributed by atoms with E-state index in [4.69, 9.17) is 5.11 Å². The SMILES string of the molecule is Cc1nc(C(C)NC(=O)c2cnn(-c3ccc(=O)[nH]n3)c2C)sc1C(=O)O. The number of nitrogens with zero attached hydrogens (tertiary/aromatic N) is 4. The first-order chi connectivity index (χ1) is 12.8. The summed E-state index contributed by atoms with van der Waals surface area (Å²) >= 11 is 1.03. The summed E-state index contributed by atoms with van der Waals surface area (Å²) in [6, 6.07) is 2.34. The zero-order valence-corrected chi connectivity index (χ0v) is 15.5. The molecule has 3 rings (SSSR count). The molecular weight excluding hydrogens is 372 g/mol. The number of nitrogens with one attached hydrogen (secondary N) is 2. The van der Waals surface area contributed by atoms with Crippen LogP contribution in [0.2, 0.25) is 0 Å². The second kappa shape index (κ2) is 7.11. The molecule has 1 amide bonds. The van der Waals surface area contributed by atoms with Crippen molar-refractivity contribution in [2.45, 2.75) is 26.8 Å². The normalized spacial score (nSPS) is 12.0. The highest BCUT2D eigenvalue weighted by molar-refractivity contribution is 7.13. The van der Waals surface area contributed by atoms with Crippen molar-refractivity contribution in [2.24, 2.45) is 0 Å². The van der Waals surface area contributed by atoms with Crippen LogP contribution in [0.15, 0.2) is 23.1 Å². The Morgan fingerprint density at radius 2 is 2.07 bits per heavy atom. The highest BCUT2D eigenvalue weighted by Gasteiger charge is 2.22. The predicted molar refractivity (Wildman–Crippen MR) is 96.4 cm³/mol. The molecule has 0 aromatic carbocycles. The van der Waals surface area contributed by atoms with Crippen LogP contribution in [-0.4, -0.2) is 41.9 Å². The van der Waals surface area contributed by atoms with Gasteiger partial charge in [0.15, 0.2) is 5.82 Å². The van der Waals surface area contributed by atoms with E-state index in [2.05, 4.69) is 25.6 Å². The minimum absolute atomic E-state index is 0.152. The molecule has 0 fully saturated rings. The van der Waals surface area contributed by atoms with E-state index < -0.39 is 12.0 Å². The minimum Gasteiger partial charge on any atom is -0.477 e. The summed E-state index contributed by atoms with van der Waals surface area (Å²) in [6.45, 7) is 5.05. The second-order valence-electron chi connectivity index (χ2n) is 5.80. The van der Waals surface area contributed by atoms with E-state index >= 15 is 0 Å². The van der Waals surface area contributed by atoms with Gasteiger partial charge in [-0.25, -0.2) is 19.6 Å². The largest absolute Gasteiger partial charge is 0.477 e. The van der Waals surface area contributed by atoms with E-state index in [1.54, 1.807) is 20.8 Å². The Morgan fingerprint density at radius 1 is 1.33 bits per heavy atom. The third-order valence-electron chi connectivity index (χ3n) is 3.86. The molecule has 140 valence electrons. The van der Waals surface area contributed by atoms with Crippen molar-refractivity contribution in [1.29, 1.82) is 0 Å². The number of amides is 1. The van der Waals surface area contributed by atoms with Gasteiger partial charge in [0.05, 0.1) is 29.2 Å². The topological polar surface area (TPSA) is 143 Å². The van der Waals surface area contributed by atoms with E-state index in [-0.39, 0.29) is 16.3 Å². The molecule has 0 saturated carbocycles. The number of hydrogen-bond donors (Lipinski definition) is 3. The molecule has 27 heavy (non-hydrogen) atoms. The summed E-state index contributed by atoms with van der Waals surface area (Å²) in [4.78, 5) is 39.2. The summed E-state index contributed by atoms with van der Waals surface area (Å²) in [6.07, 6.45) is 1.40. The van der Waals surface area contributed by atoms with Crippen LogP contribution in [0.25, 0.3) is 5.82 Å². The van der Waals surface area contributed by atoms with Crippen LogP contribution >= 0.6 is 11.3 Å². The number of H-pyrrole nitrogens is 1. The van der Waals surface area contributed by atoms with Gasteiger partial charge in [-0.2, -0.15) is 10.2 Å². The van der Waals surface area contributed by atoms with Crippen molar-refractivity contribution < 1.29 is 14.7 Å². The number of hydrogen-bond acceptors (Lipinski definition) is 7. The summed E-state index contributed by atoms with van der Waals surface area (Å²) < 4.78 is 1.44. The van der Waals surface area contributed by atoms with E-state index in [0.717, 1.165) is 11.3 Å². The Kier molecular flexibility index (Phi) is 4.86.